The quantitative estimate of drug-likeness (QED) is 0.292. The number of alkyl halides is 9. The Kier molecular flexibility index (Phi) is 9.33. The predicted molar refractivity (Wildman–Crippen MR) is 143 cm³/mol. The maximum atomic E-state index is 13.9. The first-order valence-corrected chi connectivity index (χ1v) is 14.1. The van der Waals surface area contributed by atoms with Gasteiger partial charge >= 0.3 is 30.7 Å². The van der Waals surface area contributed by atoms with Crippen molar-refractivity contribution < 1.29 is 58.6 Å². The summed E-state index contributed by atoms with van der Waals surface area (Å²) in [6.07, 6.45) is -17.5. The Labute approximate surface area is 253 Å². The van der Waals surface area contributed by atoms with Gasteiger partial charge in [0.1, 0.15) is 0 Å². The van der Waals surface area contributed by atoms with Crippen LogP contribution in [0.1, 0.15) is 80.8 Å². The fourth-order valence-electron chi connectivity index (χ4n) is 5.41. The highest BCUT2D eigenvalue weighted by Crippen LogP contribution is 2.50. The zero-order chi connectivity index (χ0) is 33.6. The molecule has 1 heterocycles. The standard InChI is InChI=1S/C30H31F9N2O4/c1-15(2)44-26(42)40(14-17-9-20(29(34,35)36)11-21(10-17)30(37,38)39)25-13-24(18-5-6-18)41(27(43)45-16(3)4)23-8-7-19(12-22(23)25)28(31,32)33/h7-12,15-16,18,24-25H,5-6,13-14H2,1-4H3/t24-,25-/m1/s1. The molecule has 2 atom stereocenters. The number of carbonyl (C=O) groups excluding carboxylic acids is 2. The zero-order valence-corrected chi connectivity index (χ0v) is 24.6. The van der Waals surface area contributed by atoms with E-state index in [0.717, 1.165) is 23.1 Å². The Hall–Kier alpha value is -3.65. The number of fused-ring (bicyclic) bond motifs is 1. The van der Waals surface area contributed by atoms with Gasteiger partial charge in [-0.25, -0.2) is 9.59 Å². The molecule has 1 aliphatic carbocycles. The van der Waals surface area contributed by atoms with Crippen molar-refractivity contribution in [3.05, 3.63) is 64.2 Å². The number of benzene rings is 2. The minimum Gasteiger partial charge on any atom is -0.447 e. The van der Waals surface area contributed by atoms with E-state index >= 15 is 0 Å². The summed E-state index contributed by atoms with van der Waals surface area (Å²) in [5.74, 6) is -0.143. The Morgan fingerprint density at radius 2 is 1.33 bits per heavy atom. The Balaban J connectivity index is 1.91. The first kappa shape index (κ1) is 34.2. The van der Waals surface area contributed by atoms with Crippen LogP contribution >= 0.6 is 0 Å². The summed E-state index contributed by atoms with van der Waals surface area (Å²) < 4.78 is 134. The first-order valence-electron chi connectivity index (χ1n) is 14.1. The molecule has 0 N–H and O–H groups in total. The smallest absolute Gasteiger partial charge is 0.416 e. The third-order valence-electron chi connectivity index (χ3n) is 7.42. The summed E-state index contributed by atoms with van der Waals surface area (Å²) in [7, 11) is 0. The highest BCUT2D eigenvalue weighted by atomic mass is 19.4. The molecule has 45 heavy (non-hydrogen) atoms. The van der Waals surface area contributed by atoms with Crippen molar-refractivity contribution in [3.8, 4) is 0 Å². The van der Waals surface area contributed by atoms with E-state index in [1.165, 1.54) is 18.7 Å². The molecule has 4 rings (SSSR count). The van der Waals surface area contributed by atoms with Crippen LogP contribution < -0.4 is 4.90 Å². The molecule has 0 spiro atoms. The summed E-state index contributed by atoms with van der Waals surface area (Å²) in [5, 5.41) is 0. The average molecular weight is 655 g/mol. The van der Waals surface area contributed by atoms with Crippen molar-refractivity contribution in [2.75, 3.05) is 4.90 Å². The molecule has 6 nitrogen and oxygen atoms in total. The number of anilines is 1. The molecular weight excluding hydrogens is 623 g/mol. The molecule has 0 aromatic heterocycles. The van der Waals surface area contributed by atoms with E-state index in [4.69, 9.17) is 9.47 Å². The normalized spacial score (nSPS) is 19.0. The van der Waals surface area contributed by atoms with Gasteiger partial charge in [-0.3, -0.25) is 9.80 Å². The number of amides is 2. The van der Waals surface area contributed by atoms with Crippen molar-refractivity contribution in [3.63, 3.8) is 0 Å². The fraction of sp³-hybridized carbons (Fsp3) is 0.533. The number of nitrogens with zero attached hydrogens (tertiary/aromatic N) is 2. The molecule has 15 heteroatoms. The monoisotopic (exact) mass is 654 g/mol. The number of carbonyl (C=O) groups is 2. The minimum absolute atomic E-state index is 0.0239. The summed E-state index contributed by atoms with van der Waals surface area (Å²) in [6.45, 7) is 5.20. The average Bonchev–Trinajstić information content (AvgIpc) is 3.73. The van der Waals surface area contributed by atoms with Crippen molar-refractivity contribution in [2.45, 2.75) is 96.3 Å². The SMILES string of the molecule is CC(C)OC(=O)N(Cc1cc(C(F)(F)F)cc(C(F)(F)F)c1)[C@@H]1C[C@H](C2CC2)N(C(=O)OC(C)C)c2ccc(C(F)(F)F)cc21. The fourth-order valence-corrected chi connectivity index (χ4v) is 5.41. The molecule has 1 saturated carbocycles. The molecule has 1 aliphatic heterocycles. The van der Waals surface area contributed by atoms with Gasteiger partial charge in [-0.15, -0.1) is 0 Å². The predicted octanol–water partition coefficient (Wildman–Crippen LogP) is 9.36. The number of rotatable bonds is 6. The van der Waals surface area contributed by atoms with Crippen LogP contribution in [0.25, 0.3) is 0 Å². The molecule has 0 bridgehead atoms. The lowest BCUT2D eigenvalue weighted by molar-refractivity contribution is -0.143. The topological polar surface area (TPSA) is 59.1 Å². The molecule has 2 aromatic rings. The van der Waals surface area contributed by atoms with E-state index in [1.807, 2.05) is 0 Å². The van der Waals surface area contributed by atoms with Gasteiger partial charge in [0.25, 0.3) is 0 Å². The third kappa shape index (κ3) is 7.96. The van der Waals surface area contributed by atoms with E-state index in [1.54, 1.807) is 13.8 Å². The van der Waals surface area contributed by atoms with Gasteiger partial charge in [0.05, 0.1) is 40.6 Å². The van der Waals surface area contributed by atoms with Crippen molar-refractivity contribution in [2.24, 2.45) is 5.92 Å². The Morgan fingerprint density at radius 3 is 1.80 bits per heavy atom. The second-order valence-electron chi connectivity index (χ2n) is 11.7. The highest BCUT2D eigenvalue weighted by molar-refractivity contribution is 5.91. The van der Waals surface area contributed by atoms with Crippen LogP contribution in [-0.2, 0) is 34.5 Å². The molecule has 2 amide bonds. The van der Waals surface area contributed by atoms with Crippen molar-refractivity contribution in [1.29, 1.82) is 0 Å². The maximum Gasteiger partial charge on any atom is 0.416 e. The lowest BCUT2D eigenvalue weighted by Gasteiger charge is -2.44. The van der Waals surface area contributed by atoms with E-state index in [0.29, 0.717) is 25.0 Å². The van der Waals surface area contributed by atoms with E-state index in [9.17, 15) is 49.1 Å². The number of halogens is 9. The molecule has 0 unspecified atom stereocenters. The van der Waals surface area contributed by atoms with Gasteiger partial charge in [0, 0.05) is 12.6 Å². The summed E-state index contributed by atoms with van der Waals surface area (Å²) >= 11 is 0. The Morgan fingerprint density at radius 1 is 0.800 bits per heavy atom. The van der Waals surface area contributed by atoms with Crippen LogP contribution in [-0.4, -0.2) is 35.3 Å². The first-order chi connectivity index (χ1) is 20.7. The second kappa shape index (κ2) is 12.3. The Bertz CT molecular complexity index is 1380. The summed E-state index contributed by atoms with van der Waals surface area (Å²) in [6, 6.07) is 1.34. The number of hydrogen-bond donors (Lipinski definition) is 0. The van der Waals surface area contributed by atoms with Crippen LogP contribution in [0.5, 0.6) is 0 Å². The van der Waals surface area contributed by atoms with E-state index in [2.05, 4.69) is 0 Å². The molecule has 248 valence electrons. The van der Waals surface area contributed by atoms with Crippen LogP contribution in [0.15, 0.2) is 36.4 Å². The van der Waals surface area contributed by atoms with Gasteiger partial charge < -0.3 is 9.47 Å². The lowest BCUT2D eigenvalue weighted by Crippen LogP contribution is -2.50. The largest absolute Gasteiger partial charge is 0.447 e. The number of hydrogen-bond acceptors (Lipinski definition) is 4. The maximum absolute atomic E-state index is 13.9. The van der Waals surface area contributed by atoms with Crippen LogP contribution in [0.4, 0.5) is 54.8 Å². The van der Waals surface area contributed by atoms with Crippen molar-refractivity contribution >= 4 is 17.9 Å². The van der Waals surface area contributed by atoms with Crippen molar-refractivity contribution in [1.82, 2.24) is 4.90 Å². The summed E-state index contributed by atoms with van der Waals surface area (Å²) in [4.78, 5) is 28.8. The van der Waals surface area contributed by atoms with Crippen LogP contribution in [0.3, 0.4) is 0 Å². The third-order valence-corrected chi connectivity index (χ3v) is 7.42. The highest BCUT2D eigenvalue weighted by Gasteiger charge is 2.48. The van der Waals surface area contributed by atoms with Gasteiger partial charge in [-0.2, -0.15) is 39.5 Å². The van der Waals surface area contributed by atoms with Gasteiger partial charge in [0.15, 0.2) is 0 Å². The molecule has 0 saturated heterocycles. The zero-order valence-electron chi connectivity index (χ0n) is 24.6. The van der Waals surface area contributed by atoms with E-state index < -0.39 is 83.8 Å². The molecule has 1 fully saturated rings. The second-order valence-corrected chi connectivity index (χ2v) is 11.7. The molecule has 0 radical (unpaired) electrons. The van der Waals surface area contributed by atoms with E-state index in [-0.39, 0.29) is 29.7 Å². The molecule has 2 aliphatic rings. The van der Waals surface area contributed by atoms with Gasteiger partial charge in [-0.1, -0.05) is 0 Å². The van der Waals surface area contributed by atoms with Crippen LogP contribution in [0, 0.1) is 5.92 Å². The number of ether oxygens (including phenoxy) is 2. The molecule has 2 aromatic carbocycles. The van der Waals surface area contributed by atoms with Gasteiger partial charge in [-0.05, 0) is 100 Å². The minimum atomic E-state index is -5.17. The molecular formula is C30H31F9N2O4. The summed E-state index contributed by atoms with van der Waals surface area (Å²) in [5.41, 5.74) is -5.16. The van der Waals surface area contributed by atoms with Gasteiger partial charge in [0.2, 0.25) is 0 Å². The van der Waals surface area contributed by atoms with Crippen LogP contribution in [0.2, 0.25) is 0 Å². The lowest BCUT2D eigenvalue weighted by atomic mass is 9.86.